The van der Waals surface area contributed by atoms with Gasteiger partial charge in [-0.25, -0.2) is 9.59 Å². The fraction of sp³-hybridized carbons (Fsp3) is 0.275. The van der Waals surface area contributed by atoms with Crippen LogP contribution in [0, 0.1) is 0 Å². The molecule has 4 aromatic rings. The molecule has 2 atom stereocenters. The number of nitrogens with one attached hydrogen (secondary N) is 2. The zero-order chi connectivity index (χ0) is 34.1. The second-order valence-electron chi connectivity index (χ2n) is 12.8. The van der Waals surface area contributed by atoms with E-state index in [4.69, 9.17) is 14.2 Å². The van der Waals surface area contributed by atoms with Crippen LogP contribution >= 0.6 is 0 Å². The number of esters is 1. The van der Waals surface area contributed by atoms with Crippen LogP contribution in [0.4, 0.5) is 4.79 Å². The van der Waals surface area contributed by atoms with E-state index >= 15 is 0 Å². The maximum atomic E-state index is 13.9. The van der Waals surface area contributed by atoms with Gasteiger partial charge in [-0.3, -0.25) is 4.79 Å². The molecule has 0 saturated heterocycles. The Morgan fingerprint density at radius 2 is 1.31 bits per heavy atom. The van der Waals surface area contributed by atoms with E-state index in [2.05, 4.69) is 29.3 Å². The summed E-state index contributed by atoms with van der Waals surface area (Å²) in [6.07, 6.45) is 1.28. The molecule has 2 amide bonds. The molecule has 0 aliphatic heterocycles. The predicted molar refractivity (Wildman–Crippen MR) is 186 cm³/mol. The van der Waals surface area contributed by atoms with Crippen LogP contribution in [0.5, 0.6) is 5.75 Å². The van der Waals surface area contributed by atoms with E-state index < -0.39 is 35.7 Å². The van der Waals surface area contributed by atoms with Gasteiger partial charge < -0.3 is 24.8 Å². The molecule has 0 unspecified atom stereocenters. The summed E-state index contributed by atoms with van der Waals surface area (Å²) in [4.78, 5) is 40.6. The second kappa shape index (κ2) is 15.5. The van der Waals surface area contributed by atoms with Crippen LogP contribution in [0.25, 0.3) is 11.1 Å². The van der Waals surface area contributed by atoms with Crippen LogP contribution in [-0.4, -0.2) is 48.9 Å². The molecule has 1 aliphatic rings. The summed E-state index contributed by atoms with van der Waals surface area (Å²) in [5.41, 5.74) is 5.27. The normalized spacial score (nSPS) is 13.3. The van der Waals surface area contributed by atoms with Crippen molar-refractivity contribution in [3.63, 3.8) is 0 Å². The van der Waals surface area contributed by atoms with E-state index in [1.165, 1.54) is 0 Å². The topological polar surface area (TPSA) is 103 Å². The number of fused-ring (bicyclic) bond motifs is 3. The van der Waals surface area contributed by atoms with Crippen LogP contribution in [0.3, 0.4) is 0 Å². The molecule has 4 aromatic carbocycles. The summed E-state index contributed by atoms with van der Waals surface area (Å²) in [7, 11) is 0. The summed E-state index contributed by atoms with van der Waals surface area (Å²) in [6, 6.07) is 30.7. The smallest absolute Gasteiger partial charge is 0.407 e. The Morgan fingerprint density at radius 3 is 1.92 bits per heavy atom. The molecule has 1 aliphatic carbocycles. The van der Waals surface area contributed by atoms with Gasteiger partial charge in [-0.1, -0.05) is 104 Å². The first-order valence-electron chi connectivity index (χ1n) is 16.1. The minimum absolute atomic E-state index is 0.0953. The molecule has 0 bridgehead atoms. The highest BCUT2D eigenvalue weighted by Gasteiger charge is 2.32. The van der Waals surface area contributed by atoms with E-state index in [0.29, 0.717) is 12.4 Å². The molecule has 0 fully saturated rings. The third-order valence-electron chi connectivity index (χ3n) is 7.97. The van der Waals surface area contributed by atoms with Gasteiger partial charge in [0, 0.05) is 18.8 Å². The molecule has 2 N–H and O–H groups in total. The van der Waals surface area contributed by atoms with Gasteiger partial charge >= 0.3 is 12.1 Å². The third kappa shape index (κ3) is 8.91. The monoisotopic (exact) mass is 646 g/mol. The van der Waals surface area contributed by atoms with Crippen LogP contribution in [0.1, 0.15) is 48.9 Å². The first-order chi connectivity index (χ1) is 23.1. The third-order valence-corrected chi connectivity index (χ3v) is 7.97. The number of rotatable bonds is 13. The van der Waals surface area contributed by atoms with Crippen molar-refractivity contribution in [3.8, 4) is 16.9 Å². The number of amides is 2. The van der Waals surface area contributed by atoms with Crippen molar-refractivity contribution in [2.75, 3.05) is 13.2 Å². The number of alkyl carbamates (subject to hydrolysis) is 1. The maximum absolute atomic E-state index is 13.9. The average Bonchev–Trinajstić information content (AvgIpc) is 3.39. The van der Waals surface area contributed by atoms with Crippen molar-refractivity contribution >= 4 is 18.0 Å². The number of benzene rings is 4. The van der Waals surface area contributed by atoms with Crippen molar-refractivity contribution in [2.24, 2.45) is 0 Å². The van der Waals surface area contributed by atoms with Gasteiger partial charge in [0.2, 0.25) is 5.91 Å². The first-order valence-corrected chi connectivity index (χ1v) is 16.1. The molecule has 0 heterocycles. The van der Waals surface area contributed by atoms with Crippen molar-refractivity contribution < 1.29 is 28.6 Å². The Balaban J connectivity index is 1.34. The lowest BCUT2D eigenvalue weighted by atomic mass is 9.98. The Kier molecular flexibility index (Phi) is 11.0. The maximum Gasteiger partial charge on any atom is 0.407 e. The summed E-state index contributed by atoms with van der Waals surface area (Å²) < 4.78 is 17.0. The average molecular weight is 647 g/mol. The van der Waals surface area contributed by atoms with Gasteiger partial charge in [0.1, 0.15) is 36.6 Å². The fourth-order valence-corrected chi connectivity index (χ4v) is 5.79. The van der Waals surface area contributed by atoms with Crippen LogP contribution in [0.15, 0.2) is 116 Å². The van der Waals surface area contributed by atoms with E-state index in [1.54, 1.807) is 39.0 Å². The largest absolute Gasteiger partial charge is 0.490 e. The van der Waals surface area contributed by atoms with E-state index in [9.17, 15) is 14.4 Å². The first kappa shape index (κ1) is 34.0. The molecule has 0 radical (unpaired) electrons. The van der Waals surface area contributed by atoms with Crippen molar-refractivity contribution in [1.82, 2.24) is 10.6 Å². The number of carbonyl (C=O) groups is 3. The molecule has 48 heavy (non-hydrogen) atoms. The molecule has 0 spiro atoms. The van der Waals surface area contributed by atoms with E-state index in [-0.39, 0.29) is 25.4 Å². The Bertz CT molecular complexity index is 1680. The van der Waals surface area contributed by atoms with Crippen LogP contribution in [-0.2, 0) is 31.9 Å². The second-order valence-corrected chi connectivity index (χ2v) is 12.8. The highest BCUT2D eigenvalue weighted by molar-refractivity contribution is 5.90. The Hall–Kier alpha value is -5.37. The van der Waals surface area contributed by atoms with Gasteiger partial charge in [0.05, 0.1) is 0 Å². The summed E-state index contributed by atoms with van der Waals surface area (Å²) in [5, 5.41) is 5.63. The molecule has 0 aromatic heterocycles. The zero-order valence-electron chi connectivity index (χ0n) is 27.6. The molecule has 8 heteroatoms. The van der Waals surface area contributed by atoms with Crippen molar-refractivity contribution in [3.05, 3.63) is 138 Å². The lowest BCUT2D eigenvalue weighted by Crippen LogP contribution is -2.54. The quantitative estimate of drug-likeness (QED) is 0.123. The zero-order valence-corrected chi connectivity index (χ0v) is 27.6. The minimum atomic E-state index is -1.05. The van der Waals surface area contributed by atoms with Crippen molar-refractivity contribution in [1.29, 1.82) is 0 Å². The van der Waals surface area contributed by atoms with E-state index in [1.807, 2.05) is 78.9 Å². The van der Waals surface area contributed by atoms with Gasteiger partial charge in [-0.2, -0.15) is 0 Å². The standard InChI is InChI=1S/C40H42N2O6/c1-5-23-46-29-21-19-28(20-22-29)24-35(37(43)41-36(38(44)48-40(2,3)4)25-27-13-7-6-8-14-27)42-39(45)47-26-34-32-17-11-9-15-30(32)31-16-10-12-18-33(31)34/h5-22,34-36H,1,23-26H2,2-4H3,(H,41,43)(H,42,45)/t35-,36-/m0/s1. The highest BCUT2D eigenvalue weighted by Crippen LogP contribution is 2.44. The van der Waals surface area contributed by atoms with Crippen LogP contribution < -0.4 is 15.4 Å². The Morgan fingerprint density at radius 1 is 0.750 bits per heavy atom. The van der Waals surface area contributed by atoms with Gasteiger partial charge in [-0.05, 0) is 66.3 Å². The summed E-state index contributed by atoms with van der Waals surface area (Å²) in [6.45, 7) is 9.45. The number of carbonyl (C=O) groups excluding carboxylic acids is 3. The Labute approximate surface area is 282 Å². The molecule has 5 rings (SSSR count). The van der Waals surface area contributed by atoms with Gasteiger partial charge in [-0.15, -0.1) is 0 Å². The van der Waals surface area contributed by atoms with Gasteiger partial charge in [0.25, 0.3) is 0 Å². The molecule has 0 saturated carbocycles. The SMILES string of the molecule is C=CCOc1ccc(C[C@H](NC(=O)OCC2c3ccccc3-c3ccccc32)C(=O)N[C@@H](Cc2ccccc2)C(=O)OC(C)(C)C)cc1. The fourth-order valence-electron chi connectivity index (χ4n) is 5.79. The predicted octanol–water partition coefficient (Wildman–Crippen LogP) is 6.77. The number of hydrogen-bond acceptors (Lipinski definition) is 6. The lowest BCUT2D eigenvalue weighted by molar-refractivity contribution is -0.158. The summed E-state index contributed by atoms with van der Waals surface area (Å²) in [5.74, 6) is -0.594. The number of hydrogen-bond donors (Lipinski definition) is 2. The molecule has 8 nitrogen and oxygen atoms in total. The highest BCUT2D eigenvalue weighted by atomic mass is 16.6. The number of ether oxygens (including phenoxy) is 3. The van der Waals surface area contributed by atoms with Crippen molar-refractivity contribution in [2.45, 2.75) is 57.2 Å². The summed E-state index contributed by atoms with van der Waals surface area (Å²) >= 11 is 0. The van der Waals surface area contributed by atoms with E-state index in [0.717, 1.165) is 33.4 Å². The van der Waals surface area contributed by atoms with Crippen LogP contribution in [0.2, 0.25) is 0 Å². The van der Waals surface area contributed by atoms with Gasteiger partial charge in [0.15, 0.2) is 0 Å². The molecular formula is C40H42N2O6. The minimum Gasteiger partial charge on any atom is -0.490 e. The molecular weight excluding hydrogens is 604 g/mol. The molecule has 248 valence electrons. The lowest BCUT2D eigenvalue weighted by Gasteiger charge is -2.26.